The molecule has 0 aromatic heterocycles. The van der Waals surface area contributed by atoms with E-state index in [1.807, 2.05) is 6.92 Å². The Morgan fingerprint density at radius 2 is 2.04 bits per heavy atom. The minimum Gasteiger partial charge on any atom is -0.463 e. The van der Waals surface area contributed by atoms with E-state index in [0.29, 0.717) is 43.4 Å². The van der Waals surface area contributed by atoms with Crippen molar-refractivity contribution in [1.29, 1.82) is 0 Å². The lowest BCUT2D eigenvalue weighted by molar-refractivity contribution is 0.0393. The molecule has 0 aliphatic carbocycles. The molecule has 0 bridgehead atoms. The van der Waals surface area contributed by atoms with Gasteiger partial charge in [0.15, 0.2) is 11.5 Å². The maximum Gasteiger partial charge on any atom is 0.291 e. The van der Waals surface area contributed by atoms with Crippen molar-refractivity contribution < 1.29 is 28.5 Å². The number of hydrogen-bond acceptors (Lipinski definition) is 8. The average molecular weight is 393 g/mol. The standard InChI is InChI=1S/C19H27N3O6/c1-2-24-11-12-26-19(20-5-6-22-7-9-25-10-8-22)21-18(23)15-3-4-16-17(13-15)28-14-27-16/h3-4,13H,2,5-12,14H2,1H3,(H,20,21,23). The molecular weight excluding hydrogens is 366 g/mol. The number of benzene rings is 1. The van der Waals surface area contributed by atoms with Gasteiger partial charge in [-0.1, -0.05) is 0 Å². The highest BCUT2D eigenvalue weighted by atomic mass is 16.7. The lowest BCUT2D eigenvalue weighted by Crippen LogP contribution is -2.38. The van der Waals surface area contributed by atoms with Crippen molar-refractivity contribution in [1.82, 2.24) is 10.2 Å². The molecule has 9 nitrogen and oxygen atoms in total. The second-order valence-corrected chi connectivity index (χ2v) is 6.21. The fraction of sp³-hybridized carbons (Fsp3) is 0.579. The Bertz CT molecular complexity index is 676. The molecule has 3 rings (SSSR count). The molecule has 0 spiro atoms. The summed E-state index contributed by atoms with van der Waals surface area (Å²) in [5.74, 6) is 0.861. The van der Waals surface area contributed by atoms with E-state index < -0.39 is 0 Å². The first-order valence-corrected chi connectivity index (χ1v) is 9.52. The summed E-state index contributed by atoms with van der Waals surface area (Å²) in [4.78, 5) is 19.3. The monoisotopic (exact) mass is 393 g/mol. The van der Waals surface area contributed by atoms with Gasteiger partial charge in [-0.25, -0.2) is 4.99 Å². The van der Waals surface area contributed by atoms with Crippen LogP contribution in [0.15, 0.2) is 23.2 Å². The van der Waals surface area contributed by atoms with Crippen LogP contribution in [0.25, 0.3) is 0 Å². The number of nitrogens with one attached hydrogen (secondary N) is 1. The molecule has 0 saturated carbocycles. The zero-order valence-electron chi connectivity index (χ0n) is 16.1. The van der Waals surface area contributed by atoms with Gasteiger partial charge < -0.3 is 23.7 Å². The highest BCUT2D eigenvalue weighted by molar-refractivity contribution is 6.04. The molecule has 1 fully saturated rings. The van der Waals surface area contributed by atoms with Gasteiger partial charge in [0.05, 0.1) is 26.4 Å². The Morgan fingerprint density at radius 3 is 2.86 bits per heavy atom. The average Bonchev–Trinajstić information content (AvgIpc) is 3.19. The number of aliphatic imine (C=N–C) groups is 1. The van der Waals surface area contributed by atoms with E-state index in [1.165, 1.54) is 0 Å². The first kappa shape index (κ1) is 20.4. The molecule has 9 heteroatoms. The van der Waals surface area contributed by atoms with Crippen molar-refractivity contribution in [2.45, 2.75) is 6.92 Å². The molecule has 1 N–H and O–H groups in total. The molecule has 0 atom stereocenters. The van der Waals surface area contributed by atoms with Gasteiger partial charge in [0.2, 0.25) is 6.79 Å². The van der Waals surface area contributed by atoms with E-state index in [9.17, 15) is 4.79 Å². The predicted molar refractivity (Wildman–Crippen MR) is 102 cm³/mol. The highest BCUT2D eigenvalue weighted by Gasteiger charge is 2.17. The van der Waals surface area contributed by atoms with E-state index in [4.69, 9.17) is 23.7 Å². The fourth-order valence-corrected chi connectivity index (χ4v) is 2.79. The summed E-state index contributed by atoms with van der Waals surface area (Å²) in [6.45, 7) is 7.98. The summed E-state index contributed by atoms with van der Waals surface area (Å²) < 4.78 is 26.8. The molecule has 2 aliphatic heterocycles. The molecule has 2 aliphatic rings. The van der Waals surface area contributed by atoms with E-state index in [-0.39, 0.29) is 18.7 Å². The summed E-state index contributed by atoms with van der Waals surface area (Å²) in [5, 5.41) is 2.73. The molecule has 1 aromatic rings. The summed E-state index contributed by atoms with van der Waals surface area (Å²) in [6.07, 6.45) is 0. The Morgan fingerprint density at radius 1 is 1.21 bits per heavy atom. The van der Waals surface area contributed by atoms with Gasteiger partial charge >= 0.3 is 0 Å². The van der Waals surface area contributed by atoms with Crippen LogP contribution in [-0.2, 0) is 14.2 Å². The first-order chi connectivity index (χ1) is 13.8. The van der Waals surface area contributed by atoms with Crippen molar-refractivity contribution in [2.75, 3.05) is 66.0 Å². The molecule has 1 amide bonds. The molecule has 28 heavy (non-hydrogen) atoms. The number of ether oxygens (including phenoxy) is 5. The van der Waals surface area contributed by atoms with Crippen LogP contribution in [0, 0.1) is 0 Å². The lowest BCUT2D eigenvalue weighted by Gasteiger charge is -2.25. The third kappa shape index (κ3) is 6.08. The molecule has 154 valence electrons. The smallest absolute Gasteiger partial charge is 0.291 e. The second-order valence-electron chi connectivity index (χ2n) is 6.21. The number of fused-ring (bicyclic) bond motifs is 1. The summed E-state index contributed by atoms with van der Waals surface area (Å²) >= 11 is 0. The topological polar surface area (TPSA) is 90.9 Å². The number of amidine groups is 1. The van der Waals surface area contributed by atoms with Gasteiger partial charge in [-0.3, -0.25) is 15.0 Å². The van der Waals surface area contributed by atoms with Crippen molar-refractivity contribution in [3.8, 4) is 11.5 Å². The molecule has 2 heterocycles. The number of hydrogen-bond donors (Lipinski definition) is 1. The third-order valence-corrected chi connectivity index (χ3v) is 4.30. The number of carbonyl (C=O) groups excluding carboxylic acids is 1. The minimum absolute atomic E-state index is 0.162. The van der Waals surface area contributed by atoms with E-state index >= 15 is 0 Å². The van der Waals surface area contributed by atoms with Gasteiger partial charge in [-0.15, -0.1) is 0 Å². The maximum atomic E-state index is 12.6. The van der Waals surface area contributed by atoms with Crippen molar-refractivity contribution in [3.63, 3.8) is 0 Å². The number of nitrogens with zero attached hydrogens (tertiary/aromatic N) is 2. The van der Waals surface area contributed by atoms with Crippen LogP contribution in [0.4, 0.5) is 0 Å². The van der Waals surface area contributed by atoms with E-state index in [0.717, 1.165) is 32.8 Å². The van der Waals surface area contributed by atoms with Crippen LogP contribution in [0.5, 0.6) is 11.5 Å². The molecule has 1 aromatic carbocycles. The fourth-order valence-electron chi connectivity index (χ4n) is 2.79. The van der Waals surface area contributed by atoms with Gasteiger partial charge in [0.25, 0.3) is 11.9 Å². The summed E-state index contributed by atoms with van der Waals surface area (Å²) in [6, 6.07) is 5.22. The largest absolute Gasteiger partial charge is 0.463 e. The zero-order chi connectivity index (χ0) is 19.6. The molecular formula is C19H27N3O6. The zero-order valence-corrected chi connectivity index (χ0v) is 16.1. The number of rotatable bonds is 8. The van der Waals surface area contributed by atoms with Crippen molar-refractivity contribution >= 4 is 11.9 Å². The predicted octanol–water partition coefficient (Wildman–Crippen LogP) is 0.886. The minimum atomic E-state index is -0.320. The molecule has 0 unspecified atom stereocenters. The maximum absolute atomic E-state index is 12.6. The lowest BCUT2D eigenvalue weighted by atomic mass is 10.2. The van der Waals surface area contributed by atoms with Crippen LogP contribution in [0.2, 0.25) is 0 Å². The highest BCUT2D eigenvalue weighted by Crippen LogP contribution is 2.32. The Balaban J connectivity index is 1.56. The van der Waals surface area contributed by atoms with E-state index in [2.05, 4.69) is 15.2 Å². The van der Waals surface area contributed by atoms with Crippen molar-refractivity contribution in [3.05, 3.63) is 23.8 Å². The number of amides is 1. The van der Waals surface area contributed by atoms with Gasteiger partial charge in [-0.05, 0) is 25.1 Å². The summed E-state index contributed by atoms with van der Waals surface area (Å²) in [7, 11) is 0. The van der Waals surface area contributed by atoms with Crippen LogP contribution < -0.4 is 14.8 Å². The quantitative estimate of drug-likeness (QED) is 0.398. The number of morpholine rings is 1. The summed E-state index contributed by atoms with van der Waals surface area (Å²) in [5.41, 5.74) is 0.443. The van der Waals surface area contributed by atoms with Crippen LogP contribution in [-0.4, -0.2) is 82.8 Å². The number of carbonyl (C=O) groups is 1. The normalized spacial score (nSPS) is 16.8. The van der Waals surface area contributed by atoms with Crippen LogP contribution >= 0.6 is 0 Å². The SMILES string of the molecule is CCOCCOC(=NCCN1CCOCC1)NC(=O)c1ccc2c(c1)OCO2. The van der Waals surface area contributed by atoms with Crippen molar-refractivity contribution in [2.24, 2.45) is 4.99 Å². The molecule has 0 radical (unpaired) electrons. The Hall–Kier alpha value is -2.36. The van der Waals surface area contributed by atoms with E-state index in [1.54, 1.807) is 18.2 Å². The van der Waals surface area contributed by atoms with Gasteiger partial charge in [-0.2, -0.15) is 0 Å². The first-order valence-electron chi connectivity index (χ1n) is 9.52. The Labute approximate surface area is 164 Å². The molecule has 1 saturated heterocycles. The second kappa shape index (κ2) is 10.8. The van der Waals surface area contributed by atoms with Crippen LogP contribution in [0.3, 0.4) is 0 Å². The van der Waals surface area contributed by atoms with Gasteiger partial charge in [0, 0.05) is 31.8 Å². The third-order valence-electron chi connectivity index (χ3n) is 4.30. The van der Waals surface area contributed by atoms with Gasteiger partial charge in [0.1, 0.15) is 6.61 Å². The van der Waals surface area contributed by atoms with Crippen LogP contribution in [0.1, 0.15) is 17.3 Å². The Kier molecular flexibility index (Phi) is 7.89.